The van der Waals surface area contributed by atoms with Gasteiger partial charge < -0.3 is 23.8 Å². The van der Waals surface area contributed by atoms with Crippen LogP contribution in [0.15, 0.2) is 79.1 Å². The lowest BCUT2D eigenvalue weighted by atomic mass is 9.86. The summed E-state index contributed by atoms with van der Waals surface area (Å²) in [5, 5.41) is 0. The average molecular weight is 655 g/mol. The average Bonchev–Trinajstić information content (AvgIpc) is 3.25. The summed E-state index contributed by atoms with van der Waals surface area (Å²) in [7, 11) is 0. The fourth-order valence-corrected chi connectivity index (χ4v) is 6.94. The minimum atomic E-state index is -0.308. The van der Waals surface area contributed by atoms with Crippen LogP contribution in [0.5, 0.6) is 0 Å². The number of ether oxygens (including phenoxy) is 4. The predicted octanol–water partition coefficient (Wildman–Crippen LogP) is 8.34. The lowest BCUT2D eigenvalue weighted by Gasteiger charge is -2.33. The molecule has 7 nitrogen and oxygen atoms in total. The van der Waals surface area contributed by atoms with Crippen LogP contribution >= 0.6 is 0 Å². The lowest BCUT2D eigenvalue weighted by molar-refractivity contribution is -0.171. The normalized spacial score (nSPS) is 21.2. The summed E-state index contributed by atoms with van der Waals surface area (Å²) in [6.07, 6.45) is 15.5. The Hall–Kier alpha value is -3.52. The molecule has 48 heavy (non-hydrogen) atoms. The molecule has 0 spiro atoms. The van der Waals surface area contributed by atoms with Crippen LogP contribution in [0.1, 0.15) is 81.9 Å². The maximum atomic E-state index is 12.3. The number of rotatable bonds is 16. The van der Waals surface area contributed by atoms with Gasteiger partial charge in [0.15, 0.2) is 0 Å². The Labute approximate surface area is 287 Å². The molecular formula is C41H54N2O5. The fourth-order valence-electron chi connectivity index (χ4n) is 6.94. The van der Waals surface area contributed by atoms with Crippen molar-refractivity contribution >= 4 is 11.7 Å². The summed E-state index contributed by atoms with van der Waals surface area (Å²) in [6, 6.07) is 11.0. The first-order valence-electron chi connectivity index (χ1n) is 17.8. The Balaban J connectivity index is 1.31. The van der Waals surface area contributed by atoms with E-state index in [4.69, 9.17) is 23.9 Å². The van der Waals surface area contributed by atoms with Gasteiger partial charge in [-0.05, 0) is 82.6 Å². The number of carbonyl (C=O) groups is 1. The molecule has 0 bridgehead atoms. The van der Waals surface area contributed by atoms with Gasteiger partial charge in [-0.15, -0.1) is 0 Å². The van der Waals surface area contributed by atoms with E-state index in [9.17, 15) is 4.79 Å². The van der Waals surface area contributed by atoms with Crippen molar-refractivity contribution < 1.29 is 23.7 Å². The number of pyridine rings is 1. The molecule has 0 radical (unpaired) electrons. The topological polar surface area (TPSA) is 70.1 Å². The van der Waals surface area contributed by atoms with Crippen LogP contribution in [0.3, 0.4) is 0 Å². The first-order valence-corrected chi connectivity index (χ1v) is 17.8. The number of allylic oxidation sites excluding steroid dienone is 3. The number of hydrogen-bond acceptors (Lipinski definition) is 7. The van der Waals surface area contributed by atoms with Crippen molar-refractivity contribution in [1.82, 2.24) is 9.88 Å². The van der Waals surface area contributed by atoms with Crippen molar-refractivity contribution in [2.45, 2.75) is 83.8 Å². The van der Waals surface area contributed by atoms with Gasteiger partial charge in [0.05, 0.1) is 44.1 Å². The third kappa shape index (κ3) is 9.13. The molecule has 2 aromatic rings. The zero-order valence-corrected chi connectivity index (χ0v) is 29.3. The molecule has 1 saturated carbocycles. The second kappa shape index (κ2) is 17.2. The Morgan fingerprint density at radius 3 is 2.54 bits per heavy atom. The van der Waals surface area contributed by atoms with Crippen LogP contribution in [-0.2, 0) is 29.3 Å². The number of esters is 1. The molecule has 5 rings (SSSR count). The van der Waals surface area contributed by atoms with E-state index in [1.807, 2.05) is 12.3 Å². The summed E-state index contributed by atoms with van der Waals surface area (Å²) < 4.78 is 22.5. The van der Waals surface area contributed by atoms with E-state index in [1.165, 1.54) is 11.1 Å². The third-order valence-corrected chi connectivity index (χ3v) is 9.73. The molecular weight excluding hydrogens is 600 g/mol. The Kier molecular flexibility index (Phi) is 12.8. The van der Waals surface area contributed by atoms with E-state index in [1.54, 1.807) is 5.57 Å². The van der Waals surface area contributed by atoms with E-state index in [2.05, 4.69) is 81.3 Å². The number of hydrogen-bond donors (Lipinski definition) is 0. The molecule has 1 aliphatic carbocycles. The second-order valence-electron chi connectivity index (χ2n) is 13.5. The largest absolute Gasteiger partial charge is 0.457 e. The number of aryl methyl sites for hydroxylation is 1. The highest BCUT2D eigenvalue weighted by molar-refractivity contribution is 5.74. The molecule has 3 aliphatic rings. The highest BCUT2D eigenvalue weighted by atomic mass is 16.6. The van der Waals surface area contributed by atoms with Crippen molar-refractivity contribution in [3.8, 4) is 11.3 Å². The maximum absolute atomic E-state index is 12.3. The third-order valence-electron chi connectivity index (χ3n) is 9.73. The summed E-state index contributed by atoms with van der Waals surface area (Å²) in [5.74, 6) is 0.352. The SMILES string of the molecule is C=C/C=C(\c1cc(-c2ccc(C3(OCC)CCC/C(=C/C4COC4)CC3)cn2)ccc1C)N(CCC)CCC(=C)CC(=O)OC1COC1. The highest BCUT2D eigenvalue weighted by Crippen LogP contribution is 2.42. The van der Waals surface area contributed by atoms with Gasteiger partial charge in [0.25, 0.3) is 0 Å². The van der Waals surface area contributed by atoms with E-state index < -0.39 is 0 Å². The van der Waals surface area contributed by atoms with Crippen molar-refractivity contribution in [3.63, 3.8) is 0 Å². The Bertz CT molecular complexity index is 1470. The van der Waals surface area contributed by atoms with Crippen molar-refractivity contribution in [2.75, 3.05) is 46.1 Å². The van der Waals surface area contributed by atoms with Crippen LogP contribution in [0.25, 0.3) is 17.0 Å². The quantitative estimate of drug-likeness (QED) is 0.0780. The molecule has 1 unspecified atom stereocenters. The maximum Gasteiger partial charge on any atom is 0.310 e. The van der Waals surface area contributed by atoms with Gasteiger partial charge in [0, 0.05) is 54.2 Å². The minimum absolute atomic E-state index is 0.115. The van der Waals surface area contributed by atoms with Crippen LogP contribution in [0.2, 0.25) is 0 Å². The standard InChI is InChI=1S/C41H54N2O5/c1-6-10-39(43(20-7-2)21-17-30(4)22-40(44)48-36-28-46-29-36)37-24-34(13-12-31(37)5)38-15-14-35(25-42-38)41(47-8-3)18-9-11-32(16-19-41)23-33-26-45-27-33/h6,10,12-15,23-25,33,36H,1,4,7-9,11,16-22,26-29H2,2-3,5H3/b32-23-,39-10+. The molecule has 0 amide bonds. The summed E-state index contributed by atoms with van der Waals surface area (Å²) >= 11 is 0. The number of aromatic nitrogens is 1. The van der Waals surface area contributed by atoms with Gasteiger partial charge in [0.1, 0.15) is 6.10 Å². The number of carbonyl (C=O) groups excluding carboxylic acids is 1. The zero-order chi connectivity index (χ0) is 33.9. The van der Waals surface area contributed by atoms with Crippen molar-refractivity contribution in [1.29, 1.82) is 0 Å². The second-order valence-corrected chi connectivity index (χ2v) is 13.5. The van der Waals surface area contributed by atoms with Crippen molar-refractivity contribution in [2.24, 2.45) is 5.92 Å². The molecule has 0 N–H and O–H groups in total. The van der Waals surface area contributed by atoms with Crippen LogP contribution < -0.4 is 0 Å². The molecule has 2 saturated heterocycles. The Morgan fingerprint density at radius 2 is 1.90 bits per heavy atom. The summed E-state index contributed by atoms with van der Waals surface area (Å²) in [6.45, 7) is 19.6. The molecule has 1 atom stereocenters. The molecule has 1 aromatic heterocycles. The molecule has 3 fully saturated rings. The fraction of sp³-hybridized carbons (Fsp3) is 0.512. The van der Waals surface area contributed by atoms with Crippen LogP contribution in [-0.4, -0.2) is 68.1 Å². The van der Waals surface area contributed by atoms with E-state index in [0.29, 0.717) is 32.2 Å². The first kappa shape index (κ1) is 35.8. The Morgan fingerprint density at radius 1 is 1.08 bits per heavy atom. The molecule has 258 valence electrons. The number of benzene rings is 1. The van der Waals surface area contributed by atoms with E-state index in [0.717, 1.165) is 92.9 Å². The van der Waals surface area contributed by atoms with Gasteiger partial charge in [-0.25, -0.2) is 0 Å². The highest BCUT2D eigenvalue weighted by Gasteiger charge is 2.35. The van der Waals surface area contributed by atoms with Crippen LogP contribution in [0.4, 0.5) is 0 Å². The van der Waals surface area contributed by atoms with Gasteiger partial charge in [-0.3, -0.25) is 9.78 Å². The predicted molar refractivity (Wildman–Crippen MR) is 192 cm³/mol. The minimum Gasteiger partial charge on any atom is -0.457 e. The summed E-state index contributed by atoms with van der Waals surface area (Å²) in [5.41, 5.74) is 8.72. The summed E-state index contributed by atoms with van der Waals surface area (Å²) in [4.78, 5) is 19.7. The molecule has 3 heterocycles. The zero-order valence-electron chi connectivity index (χ0n) is 29.3. The van der Waals surface area contributed by atoms with E-state index >= 15 is 0 Å². The molecule has 1 aromatic carbocycles. The lowest BCUT2D eigenvalue weighted by Crippen LogP contribution is -2.37. The number of nitrogens with zero attached hydrogens (tertiary/aromatic N) is 2. The molecule has 2 aliphatic heterocycles. The van der Waals surface area contributed by atoms with E-state index in [-0.39, 0.29) is 24.1 Å². The van der Waals surface area contributed by atoms with Gasteiger partial charge in [-0.1, -0.05) is 61.6 Å². The molecule has 7 heteroatoms. The van der Waals surface area contributed by atoms with Gasteiger partial charge in [0.2, 0.25) is 0 Å². The van der Waals surface area contributed by atoms with Gasteiger partial charge in [-0.2, -0.15) is 0 Å². The van der Waals surface area contributed by atoms with Crippen LogP contribution in [0, 0.1) is 12.8 Å². The monoisotopic (exact) mass is 654 g/mol. The first-order chi connectivity index (χ1) is 23.3. The van der Waals surface area contributed by atoms with Gasteiger partial charge >= 0.3 is 5.97 Å². The smallest absolute Gasteiger partial charge is 0.310 e. The van der Waals surface area contributed by atoms with Crippen molar-refractivity contribution in [3.05, 3.63) is 95.8 Å².